The van der Waals surface area contributed by atoms with E-state index >= 15 is 0 Å². The van der Waals surface area contributed by atoms with E-state index in [-0.39, 0.29) is 12.0 Å². The third kappa shape index (κ3) is 2.87. The van der Waals surface area contributed by atoms with Crippen LogP contribution in [0.15, 0.2) is 4.99 Å². The molecule has 108 valence electrons. The Morgan fingerprint density at radius 2 is 2.26 bits per heavy atom. The number of hydrogen-bond acceptors (Lipinski definition) is 3. The molecule has 19 heavy (non-hydrogen) atoms. The fraction of sp³-hybridized carbons (Fsp3) is 0.929. The van der Waals surface area contributed by atoms with E-state index in [1.165, 1.54) is 12.8 Å². The molecule has 3 fully saturated rings. The first kappa shape index (κ1) is 13.2. The number of hydrogen-bond donors (Lipinski definition) is 3. The summed E-state index contributed by atoms with van der Waals surface area (Å²) in [5, 5.41) is 16.1. The number of rotatable bonds is 5. The third-order valence-corrected chi connectivity index (χ3v) is 4.64. The Balaban J connectivity index is 1.56. The maximum absolute atomic E-state index is 9.34. The normalized spacial score (nSPS) is 35.5. The Morgan fingerprint density at radius 1 is 1.42 bits per heavy atom. The van der Waals surface area contributed by atoms with E-state index in [1.54, 1.807) is 0 Å². The molecule has 1 aliphatic carbocycles. The number of aliphatic hydroxyl groups excluding tert-OH is 1. The van der Waals surface area contributed by atoms with Crippen molar-refractivity contribution in [3.05, 3.63) is 0 Å². The predicted octanol–water partition coefficient (Wildman–Crippen LogP) is 0.634. The van der Waals surface area contributed by atoms with E-state index in [0.717, 1.165) is 38.3 Å². The largest absolute Gasteiger partial charge is 0.396 e. The molecule has 1 saturated carbocycles. The molecule has 0 spiro atoms. The van der Waals surface area contributed by atoms with Crippen molar-refractivity contribution in [3.63, 3.8) is 0 Å². The molecule has 3 atom stereocenters. The molecule has 0 aromatic carbocycles. The van der Waals surface area contributed by atoms with Crippen LogP contribution in [0.5, 0.6) is 0 Å². The van der Waals surface area contributed by atoms with Crippen molar-refractivity contribution in [1.82, 2.24) is 10.6 Å². The molecule has 5 heteroatoms. The monoisotopic (exact) mass is 267 g/mol. The second kappa shape index (κ2) is 5.29. The van der Waals surface area contributed by atoms with E-state index in [1.807, 2.05) is 0 Å². The lowest BCUT2D eigenvalue weighted by Crippen LogP contribution is -2.47. The highest BCUT2D eigenvalue weighted by Gasteiger charge is 2.43. The van der Waals surface area contributed by atoms with Gasteiger partial charge in [0.15, 0.2) is 5.96 Å². The van der Waals surface area contributed by atoms with Gasteiger partial charge >= 0.3 is 0 Å². The van der Waals surface area contributed by atoms with Gasteiger partial charge < -0.3 is 20.5 Å². The third-order valence-electron chi connectivity index (χ3n) is 4.64. The molecule has 2 heterocycles. The van der Waals surface area contributed by atoms with E-state index in [2.05, 4.69) is 22.5 Å². The van der Waals surface area contributed by atoms with Crippen LogP contribution in [-0.2, 0) is 4.74 Å². The van der Waals surface area contributed by atoms with Crippen molar-refractivity contribution in [2.24, 2.45) is 10.4 Å². The van der Waals surface area contributed by atoms with Crippen molar-refractivity contribution >= 4 is 5.96 Å². The van der Waals surface area contributed by atoms with Crippen LogP contribution < -0.4 is 10.6 Å². The fourth-order valence-corrected chi connectivity index (χ4v) is 3.08. The van der Waals surface area contributed by atoms with Crippen LogP contribution >= 0.6 is 0 Å². The average molecular weight is 267 g/mol. The summed E-state index contributed by atoms with van der Waals surface area (Å²) in [6.07, 6.45) is 6.50. The van der Waals surface area contributed by atoms with Gasteiger partial charge in [-0.3, -0.25) is 4.99 Å². The number of nitrogens with zero attached hydrogens (tertiary/aromatic N) is 1. The minimum atomic E-state index is 0.0769. The number of nitrogens with one attached hydrogen (secondary N) is 2. The second-order valence-electron chi connectivity index (χ2n) is 6.21. The smallest absolute Gasteiger partial charge is 0.191 e. The maximum atomic E-state index is 9.34. The highest BCUT2D eigenvalue weighted by atomic mass is 16.5. The SMILES string of the molecule is CCNC(=NCC1(CO)CC1)NC1CC2CCC1O2. The van der Waals surface area contributed by atoms with Gasteiger partial charge in [-0.1, -0.05) is 0 Å². The van der Waals surface area contributed by atoms with Gasteiger partial charge in [0, 0.05) is 12.0 Å². The quantitative estimate of drug-likeness (QED) is 0.505. The molecule has 5 nitrogen and oxygen atoms in total. The molecule has 0 amide bonds. The van der Waals surface area contributed by atoms with Gasteiger partial charge in [0.05, 0.1) is 31.4 Å². The van der Waals surface area contributed by atoms with Gasteiger partial charge in [-0.25, -0.2) is 0 Å². The van der Waals surface area contributed by atoms with Gasteiger partial charge in [-0.15, -0.1) is 0 Å². The predicted molar refractivity (Wildman–Crippen MR) is 74.2 cm³/mol. The first-order valence-corrected chi connectivity index (χ1v) is 7.56. The van der Waals surface area contributed by atoms with Gasteiger partial charge in [-0.05, 0) is 39.0 Å². The Labute approximate surface area is 114 Å². The van der Waals surface area contributed by atoms with Crippen LogP contribution in [0, 0.1) is 5.41 Å². The van der Waals surface area contributed by atoms with Gasteiger partial charge in [0.2, 0.25) is 0 Å². The molecule has 3 N–H and O–H groups in total. The Bertz CT molecular complexity index is 355. The summed E-state index contributed by atoms with van der Waals surface area (Å²) >= 11 is 0. The average Bonchev–Trinajstić information content (AvgIpc) is 2.91. The van der Waals surface area contributed by atoms with E-state index in [4.69, 9.17) is 4.74 Å². The van der Waals surface area contributed by atoms with E-state index in [0.29, 0.717) is 18.2 Å². The highest BCUT2D eigenvalue weighted by molar-refractivity contribution is 5.80. The Hall–Kier alpha value is -0.810. The fourth-order valence-electron chi connectivity index (χ4n) is 3.08. The van der Waals surface area contributed by atoms with Crippen LogP contribution in [0.25, 0.3) is 0 Å². The maximum Gasteiger partial charge on any atom is 0.191 e. The van der Waals surface area contributed by atoms with Gasteiger partial charge in [-0.2, -0.15) is 0 Å². The van der Waals surface area contributed by atoms with Crippen LogP contribution in [0.3, 0.4) is 0 Å². The lowest BCUT2D eigenvalue weighted by atomic mass is 9.96. The number of guanidine groups is 1. The van der Waals surface area contributed by atoms with Crippen LogP contribution in [0.2, 0.25) is 0 Å². The summed E-state index contributed by atoms with van der Waals surface area (Å²) in [4.78, 5) is 4.64. The minimum Gasteiger partial charge on any atom is -0.396 e. The van der Waals surface area contributed by atoms with Crippen LogP contribution in [0.4, 0.5) is 0 Å². The lowest BCUT2D eigenvalue weighted by molar-refractivity contribution is 0.0992. The van der Waals surface area contributed by atoms with Crippen LogP contribution in [-0.4, -0.2) is 49.0 Å². The zero-order chi connectivity index (χ0) is 13.3. The second-order valence-corrected chi connectivity index (χ2v) is 6.21. The topological polar surface area (TPSA) is 65.9 Å². The first-order chi connectivity index (χ1) is 9.24. The number of ether oxygens (including phenoxy) is 1. The van der Waals surface area contributed by atoms with Gasteiger partial charge in [0.25, 0.3) is 0 Å². The van der Waals surface area contributed by atoms with Crippen molar-refractivity contribution in [2.45, 2.75) is 57.3 Å². The van der Waals surface area contributed by atoms with Crippen molar-refractivity contribution in [1.29, 1.82) is 0 Å². The first-order valence-electron chi connectivity index (χ1n) is 7.56. The summed E-state index contributed by atoms with van der Waals surface area (Å²) < 4.78 is 5.86. The highest BCUT2D eigenvalue weighted by Crippen LogP contribution is 2.45. The molecular weight excluding hydrogens is 242 g/mol. The van der Waals surface area contributed by atoms with Crippen molar-refractivity contribution in [3.8, 4) is 0 Å². The Kier molecular flexibility index (Phi) is 3.67. The molecule has 2 bridgehead atoms. The molecule has 2 aliphatic heterocycles. The molecule has 0 radical (unpaired) electrons. The van der Waals surface area contributed by atoms with Crippen molar-refractivity contribution < 1.29 is 9.84 Å². The molecule has 2 saturated heterocycles. The number of aliphatic imine (C=N–C) groups is 1. The van der Waals surface area contributed by atoms with Gasteiger partial charge in [0.1, 0.15) is 0 Å². The molecular formula is C14H25N3O2. The zero-order valence-corrected chi connectivity index (χ0v) is 11.7. The summed E-state index contributed by atoms with van der Waals surface area (Å²) in [7, 11) is 0. The molecule has 3 unspecified atom stereocenters. The summed E-state index contributed by atoms with van der Waals surface area (Å²) in [5.74, 6) is 0.878. The summed E-state index contributed by atoms with van der Waals surface area (Å²) in [5.41, 5.74) is 0.0769. The zero-order valence-electron chi connectivity index (χ0n) is 11.7. The molecule has 3 rings (SSSR count). The molecule has 0 aromatic heterocycles. The van der Waals surface area contributed by atoms with Crippen molar-refractivity contribution in [2.75, 3.05) is 19.7 Å². The summed E-state index contributed by atoms with van der Waals surface area (Å²) in [6.45, 7) is 3.92. The van der Waals surface area contributed by atoms with E-state index < -0.39 is 0 Å². The van der Waals surface area contributed by atoms with E-state index in [9.17, 15) is 5.11 Å². The standard InChI is InChI=1S/C14H25N3O2/c1-2-15-13(16-8-14(9-18)5-6-14)17-11-7-10-3-4-12(11)19-10/h10-12,18H,2-9H2,1H3,(H2,15,16,17). The summed E-state index contributed by atoms with van der Waals surface area (Å²) in [6, 6.07) is 0.404. The van der Waals surface area contributed by atoms with Crippen LogP contribution in [0.1, 0.15) is 39.0 Å². The molecule has 3 aliphatic rings. The minimum absolute atomic E-state index is 0.0769. The Morgan fingerprint density at radius 3 is 2.79 bits per heavy atom. The number of aliphatic hydroxyl groups is 1. The lowest BCUT2D eigenvalue weighted by Gasteiger charge is -2.23. The number of fused-ring (bicyclic) bond motifs is 2. The molecule has 0 aromatic rings.